The summed E-state index contributed by atoms with van der Waals surface area (Å²) in [4.78, 5) is 32.8. The van der Waals surface area contributed by atoms with Crippen LogP contribution < -0.4 is 15.5 Å². The summed E-state index contributed by atoms with van der Waals surface area (Å²) in [5.74, 6) is -0.101. The quantitative estimate of drug-likeness (QED) is 0.437. The van der Waals surface area contributed by atoms with E-state index in [0.717, 1.165) is 12.1 Å². The third kappa shape index (κ3) is 6.07. The molecule has 31 heavy (non-hydrogen) atoms. The van der Waals surface area contributed by atoms with Crippen molar-refractivity contribution < 1.29 is 22.7 Å². The van der Waals surface area contributed by atoms with Gasteiger partial charge in [0.15, 0.2) is 10.9 Å². The average molecular weight is 450 g/mol. The Hall–Kier alpha value is -3.34. The number of halogens is 3. The van der Waals surface area contributed by atoms with Crippen LogP contribution >= 0.6 is 11.8 Å². The van der Waals surface area contributed by atoms with Crippen LogP contribution in [-0.2, 0) is 23.3 Å². The first-order valence-electron chi connectivity index (χ1n) is 8.90. The molecule has 1 aromatic carbocycles. The number of nitrogens with zero attached hydrogens (tertiary/aromatic N) is 3. The minimum Gasteiger partial charge on any atom is -0.491 e. The van der Waals surface area contributed by atoms with Crippen LogP contribution in [-0.4, -0.2) is 27.6 Å². The fourth-order valence-electron chi connectivity index (χ4n) is 2.61. The van der Waals surface area contributed by atoms with Crippen molar-refractivity contribution in [3.63, 3.8) is 0 Å². The Kier molecular flexibility index (Phi) is 6.95. The van der Waals surface area contributed by atoms with Gasteiger partial charge in [0, 0.05) is 35.6 Å². The monoisotopic (exact) mass is 450 g/mol. The summed E-state index contributed by atoms with van der Waals surface area (Å²) >= 11 is 1.28. The van der Waals surface area contributed by atoms with Crippen molar-refractivity contribution >= 4 is 23.4 Å². The number of aromatic nitrogens is 3. The zero-order valence-electron chi connectivity index (χ0n) is 16.2. The van der Waals surface area contributed by atoms with Gasteiger partial charge in [0.25, 0.3) is 0 Å². The molecule has 3 rings (SSSR count). The molecule has 7 nitrogen and oxygen atoms in total. The maximum atomic E-state index is 12.7. The van der Waals surface area contributed by atoms with Gasteiger partial charge in [0.2, 0.25) is 11.3 Å². The fraction of sp³-hybridized carbons (Fsp3) is 0.200. The Morgan fingerprint density at radius 1 is 1.19 bits per heavy atom. The van der Waals surface area contributed by atoms with Crippen LogP contribution in [0.15, 0.2) is 64.9 Å². The number of ether oxygens (including phenoxy) is 1. The fourth-order valence-corrected chi connectivity index (χ4v) is 3.41. The van der Waals surface area contributed by atoms with Crippen molar-refractivity contribution in [2.45, 2.75) is 23.6 Å². The lowest BCUT2D eigenvalue weighted by Gasteiger charge is -2.15. The molecule has 3 aromatic rings. The minimum atomic E-state index is -4.45. The standard InChI is InChI=1S/C20H17F3N4O3S/c1-30-17-10-27(15(9-16(17)28)12-31-19-24-7-2-8-25-19)11-18(29)26-14-5-3-13(4-6-14)20(21,22)23/h2-10H,11-12H2,1H3,(H,26,29). The van der Waals surface area contributed by atoms with Crippen molar-refractivity contribution in [1.82, 2.24) is 14.5 Å². The predicted octanol–water partition coefficient (Wildman–Crippen LogP) is 3.60. The molecule has 1 amide bonds. The molecule has 0 fully saturated rings. The van der Waals surface area contributed by atoms with Crippen molar-refractivity contribution in [1.29, 1.82) is 0 Å². The van der Waals surface area contributed by atoms with Gasteiger partial charge in [-0.1, -0.05) is 11.8 Å². The van der Waals surface area contributed by atoms with Crippen LogP contribution in [0.3, 0.4) is 0 Å². The van der Waals surface area contributed by atoms with Crippen molar-refractivity contribution in [3.8, 4) is 5.75 Å². The van der Waals surface area contributed by atoms with Crippen molar-refractivity contribution in [3.05, 3.63) is 76.5 Å². The summed E-state index contributed by atoms with van der Waals surface area (Å²) in [5, 5.41) is 3.05. The van der Waals surface area contributed by atoms with E-state index in [9.17, 15) is 22.8 Å². The molecule has 162 valence electrons. The maximum absolute atomic E-state index is 12.7. The minimum absolute atomic E-state index is 0.0621. The lowest BCUT2D eigenvalue weighted by molar-refractivity contribution is -0.137. The molecule has 1 N–H and O–H groups in total. The lowest BCUT2D eigenvalue weighted by atomic mass is 10.2. The van der Waals surface area contributed by atoms with Gasteiger partial charge in [-0.25, -0.2) is 9.97 Å². The lowest BCUT2D eigenvalue weighted by Crippen LogP contribution is -2.22. The third-order valence-corrected chi connectivity index (χ3v) is 5.01. The van der Waals surface area contributed by atoms with Gasteiger partial charge < -0.3 is 14.6 Å². The Bertz CT molecular complexity index is 1100. The summed E-state index contributed by atoms with van der Waals surface area (Å²) in [6, 6.07) is 7.17. The first-order valence-corrected chi connectivity index (χ1v) is 9.89. The number of alkyl halides is 3. The summed E-state index contributed by atoms with van der Waals surface area (Å²) in [6.07, 6.45) is 0.141. The van der Waals surface area contributed by atoms with Gasteiger partial charge in [-0.15, -0.1) is 0 Å². The molecule has 2 heterocycles. The molecule has 0 radical (unpaired) electrons. The van der Waals surface area contributed by atoms with Gasteiger partial charge in [0.1, 0.15) is 6.54 Å². The van der Waals surface area contributed by atoms with Crippen molar-refractivity contribution in [2.24, 2.45) is 0 Å². The largest absolute Gasteiger partial charge is 0.491 e. The molecular weight excluding hydrogens is 433 g/mol. The Morgan fingerprint density at radius 2 is 1.87 bits per heavy atom. The predicted molar refractivity (Wildman–Crippen MR) is 109 cm³/mol. The highest BCUT2D eigenvalue weighted by Gasteiger charge is 2.30. The number of hydrogen-bond donors (Lipinski definition) is 1. The van der Waals surface area contributed by atoms with Gasteiger partial charge in [-0.05, 0) is 30.3 Å². The number of carbonyl (C=O) groups is 1. The van der Waals surface area contributed by atoms with E-state index >= 15 is 0 Å². The summed E-state index contributed by atoms with van der Waals surface area (Å²) < 4.78 is 44.6. The maximum Gasteiger partial charge on any atom is 0.416 e. The van der Waals surface area contributed by atoms with E-state index in [1.165, 1.54) is 47.8 Å². The van der Waals surface area contributed by atoms with E-state index < -0.39 is 17.6 Å². The van der Waals surface area contributed by atoms with Crippen LogP contribution in [0.25, 0.3) is 0 Å². The third-order valence-electron chi connectivity index (χ3n) is 4.10. The zero-order chi connectivity index (χ0) is 22.4. The molecule has 0 saturated heterocycles. The summed E-state index contributed by atoms with van der Waals surface area (Å²) in [6.45, 7) is -0.177. The first kappa shape index (κ1) is 22.3. The number of rotatable bonds is 7. The van der Waals surface area contributed by atoms with E-state index in [-0.39, 0.29) is 23.4 Å². The van der Waals surface area contributed by atoms with Crippen LogP contribution in [0.4, 0.5) is 18.9 Å². The van der Waals surface area contributed by atoms with E-state index in [4.69, 9.17) is 4.74 Å². The first-order chi connectivity index (χ1) is 14.8. The molecule has 2 aromatic heterocycles. The van der Waals surface area contributed by atoms with E-state index in [0.29, 0.717) is 16.6 Å². The number of benzene rings is 1. The Morgan fingerprint density at radius 3 is 2.48 bits per heavy atom. The highest BCUT2D eigenvalue weighted by atomic mass is 32.2. The Balaban J connectivity index is 1.75. The number of thioether (sulfide) groups is 1. The van der Waals surface area contributed by atoms with Crippen LogP contribution in [0.2, 0.25) is 0 Å². The topological polar surface area (TPSA) is 86.1 Å². The molecule has 0 atom stereocenters. The van der Waals surface area contributed by atoms with E-state index in [2.05, 4.69) is 15.3 Å². The van der Waals surface area contributed by atoms with Gasteiger partial charge >= 0.3 is 6.18 Å². The molecule has 0 spiro atoms. The molecule has 0 aliphatic rings. The zero-order valence-corrected chi connectivity index (χ0v) is 17.0. The highest BCUT2D eigenvalue weighted by Crippen LogP contribution is 2.29. The van der Waals surface area contributed by atoms with E-state index in [1.54, 1.807) is 18.5 Å². The number of anilines is 1. The number of amides is 1. The molecule has 11 heteroatoms. The Labute approximate surface area is 179 Å². The molecule has 0 aliphatic heterocycles. The number of pyridine rings is 1. The molecule has 0 bridgehead atoms. The molecular formula is C20H17F3N4O3S. The number of carbonyl (C=O) groups excluding carboxylic acids is 1. The molecule has 0 saturated carbocycles. The summed E-state index contributed by atoms with van der Waals surface area (Å²) in [7, 11) is 1.34. The van der Waals surface area contributed by atoms with E-state index in [1.807, 2.05) is 0 Å². The van der Waals surface area contributed by atoms with Crippen LogP contribution in [0, 0.1) is 0 Å². The normalized spacial score (nSPS) is 11.2. The van der Waals surface area contributed by atoms with Crippen molar-refractivity contribution in [2.75, 3.05) is 12.4 Å². The summed E-state index contributed by atoms with van der Waals surface area (Å²) in [5.41, 5.74) is -0.394. The van der Waals surface area contributed by atoms with Gasteiger partial charge in [0.05, 0.1) is 18.9 Å². The SMILES string of the molecule is COc1cn(CC(=O)Nc2ccc(C(F)(F)F)cc2)c(CSc2ncccn2)cc1=O. The highest BCUT2D eigenvalue weighted by molar-refractivity contribution is 7.98. The molecule has 0 aliphatic carbocycles. The van der Waals surface area contributed by atoms with Crippen LogP contribution in [0.1, 0.15) is 11.3 Å². The number of hydrogen-bond acceptors (Lipinski definition) is 6. The second-order valence-corrected chi connectivity index (χ2v) is 7.21. The number of methoxy groups -OCH3 is 1. The van der Waals surface area contributed by atoms with Gasteiger partial charge in [-0.2, -0.15) is 13.2 Å². The second kappa shape index (κ2) is 9.65. The molecule has 0 unspecified atom stereocenters. The average Bonchev–Trinajstić information content (AvgIpc) is 2.74. The smallest absolute Gasteiger partial charge is 0.416 e. The second-order valence-electron chi connectivity index (χ2n) is 6.27. The van der Waals surface area contributed by atoms with Crippen LogP contribution in [0.5, 0.6) is 5.75 Å². The number of nitrogens with one attached hydrogen (secondary N) is 1. The van der Waals surface area contributed by atoms with Gasteiger partial charge in [-0.3, -0.25) is 9.59 Å².